The van der Waals surface area contributed by atoms with Gasteiger partial charge in [-0.25, -0.2) is 13.8 Å². The second-order valence-electron chi connectivity index (χ2n) is 7.05. The monoisotopic (exact) mass is 504 g/mol. The van der Waals surface area contributed by atoms with Gasteiger partial charge in [-0.3, -0.25) is 15.6 Å². The van der Waals surface area contributed by atoms with Crippen LogP contribution < -0.4 is 15.5 Å². The lowest BCUT2D eigenvalue weighted by Gasteiger charge is -2.18. The van der Waals surface area contributed by atoms with E-state index >= 15 is 0 Å². The van der Waals surface area contributed by atoms with Crippen molar-refractivity contribution in [2.45, 2.75) is 13.0 Å². The molecule has 0 atom stereocenters. The van der Waals surface area contributed by atoms with Gasteiger partial charge < -0.3 is 20.2 Å². The topological polar surface area (TPSA) is 132 Å². The zero-order chi connectivity index (χ0) is 26.2. The lowest BCUT2D eigenvalue weighted by molar-refractivity contribution is -0.114. The molecule has 1 aromatic carbocycles. The highest BCUT2D eigenvalue weighted by molar-refractivity contribution is 6.50. The van der Waals surface area contributed by atoms with Crippen LogP contribution in [0.3, 0.4) is 0 Å². The van der Waals surface area contributed by atoms with Crippen LogP contribution in [0.2, 0.25) is 0 Å². The summed E-state index contributed by atoms with van der Waals surface area (Å²) >= 11 is 0. The van der Waals surface area contributed by atoms with E-state index in [4.69, 9.17) is 15.6 Å². The minimum absolute atomic E-state index is 0.0974. The van der Waals surface area contributed by atoms with Gasteiger partial charge >= 0.3 is 6.61 Å². The number of carbonyl (C=O) groups is 1. The molecule has 1 amide bonds. The first kappa shape index (κ1) is 26.1. The Bertz CT molecular complexity index is 1230. The van der Waals surface area contributed by atoms with Gasteiger partial charge in [-0.2, -0.15) is 13.9 Å². The maximum absolute atomic E-state index is 13.4. The average Bonchev–Trinajstić information content (AvgIpc) is 2.82. The van der Waals surface area contributed by atoms with Crippen molar-refractivity contribution >= 4 is 34.5 Å². The van der Waals surface area contributed by atoms with Crippen molar-refractivity contribution in [1.29, 1.82) is 10.8 Å². The Morgan fingerprint density at radius 3 is 2.39 bits per heavy atom. The number of ether oxygens (including phenoxy) is 2. The molecule has 188 valence electrons. The molecule has 0 unspecified atom stereocenters. The Balaban J connectivity index is 2.04. The molecule has 3 rings (SSSR count). The van der Waals surface area contributed by atoms with E-state index in [9.17, 15) is 22.4 Å². The molecule has 0 radical (unpaired) electrons. The number of carbonyl (C=O) groups excluding carboxylic acids is 1. The first-order valence-corrected chi connectivity index (χ1v) is 10.3. The van der Waals surface area contributed by atoms with Crippen molar-refractivity contribution in [2.75, 3.05) is 13.7 Å². The number of halogens is 4. The number of hydrazone groups is 1. The summed E-state index contributed by atoms with van der Waals surface area (Å²) in [4.78, 5) is 17.4. The molecule has 13 heteroatoms. The summed E-state index contributed by atoms with van der Waals surface area (Å²) in [6, 6.07) is 5.03. The number of aliphatic imine (C=N–C) groups is 1. The van der Waals surface area contributed by atoms with Crippen LogP contribution >= 0.6 is 0 Å². The van der Waals surface area contributed by atoms with E-state index in [0.29, 0.717) is 0 Å². The van der Waals surface area contributed by atoms with Crippen LogP contribution in [0.4, 0.5) is 17.6 Å². The number of benzene rings is 1. The predicted molar refractivity (Wildman–Crippen MR) is 126 cm³/mol. The molecule has 0 spiro atoms. The summed E-state index contributed by atoms with van der Waals surface area (Å²) in [5, 5.41) is 22.7. The summed E-state index contributed by atoms with van der Waals surface area (Å²) in [6.07, 6.45) is 3.98. The fourth-order valence-electron chi connectivity index (χ4n) is 3.05. The number of nitrogens with zero attached hydrogens (tertiary/aromatic N) is 2. The van der Waals surface area contributed by atoms with Gasteiger partial charge in [0.1, 0.15) is 17.2 Å². The number of dihydropyridines is 1. The minimum atomic E-state index is -3.05. The van der Waals surface area contributed by atoms with E-state index in [0.717, 1.165) is 0 Å². The van der Waals surface area contributed by atoms with Gasteiger partial charge in [0, 0.05) is 18.8 Å². The largest absolute Gasteiger partial charge is 0.472 e. The number of hydrogen-bond acceptors (Lipinski definition) is 8. The van der Waals surface area contributed by atoms with Crippen molar-refractivity contribution in [3.63, 3.8) is 0 Å². The molecular weight excluding hydrogens is 484 g/mol. The summed E-state index contributed by atoms with van der Waals surface area (Å²) < 4.78 is 59.5. The van der Waals surface area contributed by atoms with Crippen molar-refractivity contribution in [3.8, 4) is 5.75 Å². The lowest BCUT2D eigenvalue weighted by Crippen LogP contribution is -2.28. The Kier molecular flexibility index (Phi) is 8.49. The average molecular weight is 504 g/mol. The van der Waals surface area contributed by atoms with Gasteiger partial charge in [0.05, 0.1) is 17.0 Å². The molecule has 0 aromatic heterocycles. The van der Waals surface area contributed by atoms with Gasteiger partial charge in [0.15, 0.2) is 6.61 Å². The summed E-state index contributed by atoms with van der Waals surface area (Å²) in [5.41, 5.74) is 2.76. The molecule has 1 aromatic rings. The van der Waals surface area contributed by atoms with Crippen LogP contribution in [0.5, 0.6) is 5.75 Å². The molecule has 0 bridgehead atoms. The van der Waals surface area contributed by atoms with Gasteiger partial charge in [-0.1, -0.05) is 12.1 Å². The Labute approximate surface area is 202 Å². The second kappa shape index (κ2) is 11.7. The van der Waals surface area contributed by atoms with Gasteiger partial charge in [0.2, 0.25) is 5.90 Å². The van der Waals surface area contributed by atoms with Crippen LogP contribution in [0.1, 0.15) is 5.56 Å². The van der Waals surface area contributed by atoms with E-state index in [-0.39, 0.29) is 51.3 Å². The Hall–Kier alpha value is -4.55. The van der Waals surface area contributed by atoms with Crippen LogP contribution in [0, 0.1) is 10.8 Å². The molecule has 2 aliphatic rings. The smallest absolute Gasteiger partial charge is 0.387 e. The fourth-order valence-corrected chi connectivity index (χ4v) is 3.05. The van der Waals surface area contributed by atoms with Gasteiger partial charge in [-0.05, 0) is 42.0 Å². The molecule has 0 saturated heterocycles. The number of hydrogen-bond donors (Lipinski definition) is 4. The first-order valence-electron chi connectivity index (χ1n) is 10.3. The first-order chi connectivity index (χ1) is 17.2. The molecule has 36 heavy (non-hydrogen) atoms. The van der Waals surface area contributed by atoms with Gasteiger partial charge in [0.25, 0.3) is 12.3 Å². The standard InChI is InChI=1S/C23H20F4N6O3/c1-30-33-17-10-13(4-7-15(17)28)31-22(34)20(12-2-5-14(6-3-12)36-23(26)27)21-16(29)8-9-19(32-21)35-11-18(24)25/h2-10,18,23,28-30H,11H2,1H3,(H,31,34)/b21-20+,28-15?,29-16?,33-17-. The normalized spacial score (nSPS) is 17.8. The van der Waals surface area contributed by atoms with E-state index in [2.05, 4.69) is 25.6 Å². The highest BCUT2D eigenvalue weighted by Crippen LogP contribution is 2.27. The van der Waals surface area contributed by atoms with E-state index in [1.165, 1.54) is 54.6 Å². The van der Waals surface area contributed by atoms with Gasteiger partial charge in [-0.15, -0.1) is 0 Å². The van der Waals surface area contributed by atoms with Crippen LogP contribution in [0.15, 0.2) is 76.1 Å². The molecule has 9 nitrogen and oxygen atoms in total. The fraction of sp³-hybridized carbons (Fsp3) is 0.174. The number of rotatable bonds is 8. The number of alkyl halides is 4. The minimum Gasteiger partial charge on any atom is -0.472 e. The highest BCUT2D eigenvalue weighted by atomic mass is 19.3. The molecule has 0 fully saturated rings. The van der Waals surface area contributed by atoms with E-state index in [1.54, 1.807) is 7.05 Å². The highest BCUT2D eigenvalue weighted by Gasteiger charge is 2.24. The Morgan fingerprint density at radius 1 is 1.06 bits per heavy atom. The van der Waals surface area contributed by atoms with Crippen molar-refractivity contribution < 1.29 is 31.8 Å². The summed E-state index contributed by atoms with van der Waals surface area (Å²) in [6.45, 7) is -3.99. The molecule has 4 N–H and O–H groups in total. The second-order valence-corrected chi connectivity index (χ2v) is 7.05. The number of amides is 1. The van der Waals surface area contributed by atoms with Crippen LogP contribution in [-0.2, 0) is 9.53 Å². The lowest BCUT2D eigenvalue weighted by atomic mass is 9.98. The molecule has 1 aliphatic carbocycles. The maximum Gasteiger partial charge on any atom is 0.387 e. The molecular formula is C23H20F4N6O3. The van der Waals surface area contributed by atoms with E-state index in [1.807, 2.05) is 0 Å². The number of allylic oxidation sites excluding steroid dienone is 4. The molecule has 1 heterocycles. The third-order valence-electron chi connectivity index (χ3n) is 4.55. The Morgan fingerprint density at radius 2 is 1.75 bits per heavy atom. The van der Waals surface area contributed by atoms with E-state index < -0.39 is 25.6 Å². The van der Waals surface area contributed by atoms with Crippen molar-refractivity contribution in [1.82, 2.24) is 10.7 Å². The maximum atomic E-state index is 13.4. The van der Waals surface area contributed by atoms with Crippen molar-refractivity contribution in [3.05, 3.63) is 71.6 Å². The number of nitrogens with one attached hydrogen (secondary N) is 4. The summed E-state index contributed by atoms with van der Waals surface area (Å²) in [5.74, 6) is -1.15. The predicted octanol–water partition coefficient (Wildman–Crippen LogP) is 3.43. The third kappa shape index (κ3) is 6.74. The molecule has 1 aliphatic heterocycles. The quantitative estimate of drug-likeness (QED) is 0.187. The third-order valence-corrected chi connectivity index (χ3v) is 4.55. The zero-order valence-electron chi connectivity index (χ0n) is 18.7. The SMILES string of the molecule is CN/N=C1/C=C(NC(=O)/C(=C2/N=C(OCC(F)F)C=CC2=N)c2ccc(OC(F)F)cc2)C=CC1=N. The van der Waals surface area contributed by atoms with Crippen LogP contribution in [-0.4, -0.2) is 55.6 Å². The zero-order valence-corrected chi connectivity index (χ0v) is 18.7. The van der Waals surface area contributed by atoms with Crippen LogP contribution in [0.25, 0.3) is 5.57 Å². The molecule has 0 saturated carbocycles. The summed E-state index contributed by atoms with van der Waals surface area (Å²) in [7, 11) is 1.54. The van der Waals surface area contributed by atoms with Crippen molar-refractivity contribution in [2.24, 2.45) is 10.1 Å².